The minimum atomic E-state index is -4.85. The fourth-order valence-electron chi connectivity index (χ4n) is 4.24. The minimum Gasteiger partial charge on any atom is -0.355 e. The van der Waals surface area contributed by atoms with Crippen LogP contribution in [0.1, 0.15) is 29.2 Å². The summed E-state index contributed by atoms with van der Waals surface area (Å²) < 4.78 is 66.8. The maximum Gasteiger partial charge on any atom is 0.417 e. The summed E-state index contributed by atoms with van der Waals surface area (Å²) in [4.78, 5) is 28.5. The number of aryl methyl sites for hydroxylation is 1. The van der Waals surface area contributed by atoms with E-state index >= 15 is 0 Å². The molecule has 0 aliphatic heterocycles. The number of nitrogens with one attached hydrogen (secondary N) is 1. The predicted octanol–water partition coefficient (Wildman–Crippen LogP) is 5.21. The Morgan fingerprint density at radius 1 is 0.976 bits per heavy atom. The quantitative estimate of drug-likeness (QED) is 0.323. The molecular formula is C29H31ClF3N3O4S. The van der Waals surface area contributed by atoms with Crippen molar-refractivity contribution in [1.82, 2.24) is 10.2 Å². The summed E-state index contributed by atoms with van der Waals surface area (Å²) in [6, 6.07) is 17.8. The Balaban J connectivity index is 2.08. The van der Waals surface area contributed by atoms with Crippen molar-refractivity contribution in [1.29, 1.82) is 0 Å². The largest absolute Gasteiger partial charge is 0.417 e. The average molecular weight is 610 g/mol. The number of alkyl halides is 3. The van der Waals surface area contributed by atoms with Gasteiger partial charge in [0, 0.05) is 19.5 Å². The SMILES string of the molecule is CCNC(=O)[C@H](Cc1ccccc1)N(Cc1ccc(C)cc1)C(=O)CN(c1ccc(Cl)c(C(F)(F)F)c1)S(C)(=O)=O. The third-order valence-electron chi connectivity index (χ3n) is 6.32. The highest BCUT2D eigenvalue weighted by molar-refractivity contribution is 7.92. The number of anilines is 1. The first kappa shape index (κ1) is 32.0. The van der Waals surface area contributed by atoms with E-state index in [1.165, 1.54) is 4.90 Å². The summed E-state index contributed by atoms with van der Waals surface area (Å²) in [5.74, 6) is -1.22. The number of hydrogen-bond acceptors (Lipinski definition) is 4. The van der Waals surface area contributed by atoms with Gasteiger partial charge in [-0.3, -0.25) is 13.9 Å². The lowest BCUT2D eigenvalue weighted by molar-refractivity contribution is -0.140. The van der Waals surface area contributed by atoms with Crippen molar-refractivity contribution in [3.8, 4) is 0 Å². The van der Waals surface area contributed by atoms with Crippen LogP contribution in [0.5, 0.6) is 0 Å². The fourth-order valence-corrected chi connectivity index (χ4v) is 5.30. The zero-order chi connectivity index (χ0) is 30.4. The van der Waals surface area contributed by atoms with Crippen LogP contribution in [0.15, 0.2) is 72.8 Å². The van der Waals surface area contributed by atoms with Gasteiger partial charge in [-0.25, -0.2) is 8.42 Å². The van der Waals surface area contributed by atoms with Gasteiger partial charge in [0.1, 0.15) is 12.6 Å². The van der Waals surface area contributed by atoms with Gasteiger partial charge in [0.15, 0.2) is 0 Å². The number of likely N-dealkylation sites (N-methyl/N-ethyl adjacent to an activating group) is 1. The van der Waals surface area contributed by atoms with Gasteiger partial charge in [0.05, 0.1) is 22.5 Å². The van der Waals surface area contributed by atoms with Crippen LogP contribution in [0, 0.1) is 6.92 Å². The zero-order valence-electron chi connectivity index (χ0n) is 22.8. The molecule has 2 amide bonds. The monoisotopic (exact) mass is 609 g/mol. The Morgan fingerprint density at radius 3 is 2.17 bits per heavy atom. The van der Waals surface area contributed by atoms with Crippen LogP contribution in [0.2, 0.25) is 5.02 Å². The van der Waals surface area contributed by atoms with Crippen LogP contribution in [0.3, 0.4) is 0 Å². The van der Waals surface area contributed by atoms with E-state index < -0.39 is 51.2 Å². The standard InChI is InChI=1S/C29H31ClF3N3O4S/c1-4-34-28(38)26(16-21-8-6-5-7-9-21)35(18-22-12-10-20(2)11-13-22)27(37)19-36(41(3,39)40)23-14-15-25(30)24(17-23)29(31,32)33/h5-15,17,26H,4,16,18-19H2,1-3H3,(H,34,38)/t26-/m0/s1. The molecule has 3 rings (SSSR count). The number of benzene rings is 3. The topological polar surface area (TPSA) is 86.8 Å². The van der Waals surface area contributed by atoms with Gasteiger partial charge < -0.3 is 10.2 Å². The molecule has 3 aromatic carbocycles. The number of rotatable bonds is 11. The van der Waals surface area contributed by atoms with Gasteiger partial charge in [-0.05, 0) is 43.2 Å². The molecule has 0 aliphatic rings. The third-order valence-corrected chi connectivity index (χ3v) is 7.79. The Morgan fingerprint density at radius 2 is 1.61 bits per heavy atom. The summed E-state index contributed by atoms with van der Waals surface area (Å²) in [6.45, 7) is 3.03. The van der Waals surface area contributed by atoms with Crippen LogP contribution in [0.4, 0.5) is 18.9 Å². The molecular weight excluding hydrogens is 579 g/mol. The molecule has 0 aromatic heterocycles. The van der Waals surface area contributed by atoms with Crippen molar-refractivity contribution in [3.05, 3.63) is 100 Å². The maximum absolute atomic E-state index is 13.9. The number of sulfonamides is 1. The summed E-state index contributed by atoms with van der Waals surface area (Å²) >= 11 is 5.73. The lowest BCUT2D eigenvalue weighted by Crippen LogP contribution is -2.53. The highest BCUT2D eigenvalue weighted by Gasteiger charge is 2.36. The molecule has 0 unspecified atom stereocenters. The Hall–Kier alpha value is -3.57. The van der Waals surface area contributed by atoms with Crippen LogP contribution in [-0.4, -0.2) is 50.5 Å². The van der Waals surface area contributed by atoms with Crippen LogP contribution in [-0.2, 0) is 38.8 Å². The summed E-state index contributed by atoms with van der Waals surface area (Å²) in [7, 11) is -4.24. The van der Waals surface area contributed by atoms with Gasteiger partial charge >= 0.3 is 6.18 Å². The molecule has 0 saturated heterocycles. The number of amides is 2. The molecule has 7 nitrogen and oxygen atoms in total. The number of hydrogen-bond donors (Lipinski definition) is 1. The predicted molar refractivity (Wildman–Crippen MR) is 153 cm³/mol. The number of halogens is 4. The van der Waals surface area contributed by atoms with E-state index in [1.807, 2.05) is 25.1 Å². The lowest BCUT2D eigenvalue weighted by Gasteiger charge is -2.33. The maximum atomic E-state index is 13.9. The second-order valence-electron chi connectivity index (χ2n) is 9.54. The van der Waals surface area contributed by atoms with Crippen molar-refractivity contribution in [3.63, 3.8) is 0 Å². The normalized spacial score (nSPS) is 12.5. The highest BCUT2D eigenvalue weighted by Crippen LogP contribution is 2.37. The smallest absolute Gasteiger partial charge is 0.355 e. The van der Waals surface area contributed by atoms with Gasteiger partial charge in [-0.1, -0.05) is 71.8 Å². The van der Waals surface area contributed by atoms with E-state index in [1.54, 1.807) is 43.3 Å². The van der Waals surface area contributed by atoms with Crippen molar-refractivity contribution in [2.45, 2.75) is 39.0 Å². The number of carbonyl (C=O) groups is 2. The van der Waals surface area contributed by atoms with Crippen LogP contribution < -0.4 is 9.62 Å². The van der Waals surface area contributed by atoms with Crippen LogP contribution >= 0.6 is 11.6 Å². The Kier molecular flexibility index (Phi) is 10.4. The number of nitrogens with zero attached hydrogens (tertiary/aromatic N) is 2. The van der Waals surface area contributed by atoms with Gasteiger partial charge in [-0.15, -0.1) is 0 Å². The second-order valence-corrected chi connectivity index (χ2v) is 11.9. The number of carbonyl (C=O) groups excluding carboxylic acids is 2. The van der Waals surface area contributed by atoms with Gasteiger partial charge in [0.25, 0.3) is 0 Å². The second kappa shape index (κ2) is 13.4. The molecule has 0 aliphatic carbocycles. The molecule has 12 heteroatoms. The van der Waals surface area contributed by atoms with E-state index in [4.69, 9.17) is 11.6 Å². The molecule has 1 atom stereocenters. The summed E-state index contributed by atoms with van der Waals surface area (Å²) in [6.07, 6.45) is -3.93. The molecule has 3 aromatic rings. The van der Waals surface area contributed by atoms with Gasteiger partial charge in [0.2, 0.25) is 21.8 Å². The van der Waals surface area contributed by atoms with E-state index in [-0.39, 0.29) is 25.2 Å². The molecule has 0 spiro atoms. The molecule has 0 bridgehead atoms. The lowest BCUT2D eigenvalue weighted by atomic mass is 10.0. The van der Waals surface area contributed by atoms with Crippen molar-refractivity contribution in [2.24, 2.45) is 0 Å². The molecule has 220 valence electrons. The molecule has 0 saturated carbocycles. The van der Waals surface area contributed by atoms with E-state index in [0.717, 1.165) is 29.5 Å². The van der Waals surface area contributed by atoms with Crippen molar-refractivity contribution >= 4 is 39.1 Å². The first-order valence-electron chi connectivity index (χ1n) is 12.7. The van der Waals surface area contributed by atoms with E-state index in [0.29, 0.717) is 15.9 Å². The molecule has 0 heterocycles. The van der Waals surface area contributed by atoms with Crippen LogP contribution in [0.25, 0.3) is 0 Å². The third kappa shape index (κ3) is 8.71. The van der Waals surface area contributed by atoms with Crippen molar-refractivity contribution in [2.75, 3.05) is 23.7 Å². The average Bonchev–Trinajstić information content (AvgIpc) is 2.90. The highest BCUT2D eigenvalue weighted by atomic mass is 35.5. The summed E-state index contributed by atoms with van der Waals surface area (Å²) in [5, 5.41) is 2.13. The zero-order valence-corrected chi connectivity index (χ0v) is 24.4. The first-order valence-corrected chi connectivity index (χ1v) is 14.9. The molecule has 0 radical (unpaired) electrons. The fraction of sp³-hybridized carbons (Fsp3) is 0.310. The molecule has 0 fully saturated rings. The molecule has 1 N–H and O–H groups in total. The summed E-state index contributed by atoms with van der Waals surface area (Å²) in [5.41, 5.74) is 0.799. The minimum absolute atomic E-state index is 0.0419. The first-order chi connectivity index (χ1) is 19.2. The van der Waals surface area contributed by atoms with Crippen molar-refractivity contribution < 1.29 is 31.2 Å². The Bertz CT molecular complexity index is 1470. The molecule has 41 heavy (non-hydrogen) atoms. The van der Waals surface area contributed by atoms with E-state index in [2.05, 4.69) is 5.32 Å². The van der Waals surface area contributed by atoms with Gasteiger partial charge in [-0.2, -0.15) is 13.2 Å². The Labute approximate surface area is 243 Å². The van der Waals surface area contributed by atoms with E-state index in [9.17, 15) is 31.2 Å².